The third kappa shape index (κ3) is 7.54. The Labute approximate surface area is 267 Å². The molecule has 2 nitrogen and oxygen atoms in total. The van der Waals surface area contributed by atoms with Crippen LogP contribution in [0, 0.1) is 69.2 Å². The van der Waals surface area contributed by atoms with E-state index >= 15 is 0 Å². The van der Waals surface area contributed by atoms with Gasteiger partial charge in [0.05, 0.1) is 0 Å². The van der Waals surface area contributed by atoms with Crippen LogP contribution in [0.15, 0.2) is 60.7 Å². The van der Waals surface area contributed by atoms with Gasteiger partial charge in [-0.1, -0.05) is 0 Å². The monoisotopic (exact) mass is 652 g/mol. The summed E-state index contributed by atoms with van der Waals surface area (Å²) in [6.07, 6.45) is 0. The molecule has 0 heterocycles. The zero-order chi connectivity index (χ0) is 31.3. The first kappa shape index (κ1) is 33.3. The van der Waals surface area contributed by atoms with Gasteiger partial charge in [-0.3, -0.25) is 0 Å². The van der Waals surface area contributed by atoms with Crippen LogP contribution >= 0.6 is 0 Å². The van der Waals surface area contributed by atoms with Gasteiger partial charge in [0, 0.05) is 0 Å². The minimum absolute atomic E-state index is 1.04. The number of hydrogen-bond donors (Lipinski definition) is 2. The average molecular weight is 654 g/mol. The molecule has 0 saturated heterocycles. The summed E-state index contributed by atoms with van der Waals surface area (Å²) in [5.74, 6) is 0. The van der Waals surface area contributed by atoms with Crippen LogP contribution in [0.4, 0.5) is 11.4 Å². The molecule has 0 aliphatic heterocycles. The number of benzene rings is 4. The van der Waals surface area contributed by atoms with Crippen molar-refractivity contribution in [2.45, 2.75) is 85.8 Å². The fourth-order valence-corrected chi connectivity index (χ4v) is 18.3. The first-order valence-corrected chi connectivity index (χ1v) is 23.1. The van der Waals surface area contributed by atoms with Crippen LogP contribution in [0.3, 0.4) is 0 Å². The summed E-state index contributed by atoms with van der Waals surface area (Å²) in [5, 5.41) is 7.99. The van der Waals surface area contributed by atoms with Crippen molar-refractivity contribution < 1.29 is 20.3 Å². The molecule has 0 radical (unpaired) electrons. The Kier molecular flexibility index (Phi) is 11.2. The average Bonchev–Trinajstić information content (AvgIpc) is 3.01. The second-order valence-electron chi connectivity index (χ2n) is 13.2. The van der Waals surface area contributed by atoms with Gasteiger partial charge in [-0.2, -0.15) is 0 Å². The molecule has 4 rings (SSSR count). The topological polar surface area (TPSA) is 24.1 Å². The summed E-state index contributed by atoms with van der Waals surface area (Å²) in [4.78, 5) is 0. The van der Waals surface area contributed by atoms with Gasteiger partial charge < -0.3 is 0 Å². The Bertz CT molecular complexity index is 1380. The maximum atomic E-state index is 4.00. The number of rotatable bonds is 12. The molecule has 3 heteroatoms. The number of anilines is 2. The molecule has 4 aromatic carbocycles. The predicted octanol–water partition coefficient (Wildman–Crippen LogP) is 10.7. The Morgan fingerprint density at radius 2 is 0.674 bits per heavy atom. The zero-order valence-corrected chi connectivity index (χ0v) is 31.0. The molecule has 43 heavy (non-hydrogen) atoms. The van der Waals surface area contributed by atoms with E-state index in [1.807, 2.05) is 0 Å². The Morgan fingerprint density at radius 3 is 0.977 bits per heavy atom. The van der Waals surface area contributed by atoms with E-state index in [4.69, 9.17) is 0 Å². The van der Waals surface area contributed by atoms with Gasteiger partial charge in [-0.25, -0.2) is 0 Å². The quantitative estimate of drug-likeness (QED) is 0.159. The van der Waals surface area contributed by atoms with Crippen molar-refractivity contribution in [2.24, 2.45) is 0 Å². The minimum atomic E-state index is -2.85. The molecule has 0 saturated carbocycles. The molecule has 4 aromatic rings. The van der Waals surface area contributed by atoms with Crippen LogP contribution in [0.25, 0.3) is 0 Å². The van der Waals surface area contributed by atoms with Crippen molar-refractivity contribution in [3.05, 3.63) is 127 Å². The second-order valence-corrected chi connectivity index (χ2v) is 24.7. The van der Waals surface area contributed by atoms with Gasteiger partial charge in [0.1, 0.15) is 0 Å². The Balaban J connectivity index is 1.67. The molecule has 0 atom stereocenters. The summed E-state index contributed by atoms with van der Waals surface area (Å²) in [6, 6.07) is 22.6. The molecule has 0 spiro atoms. The van der Waals surface area contributed by atoms with E-state index < -0.39 is 20.3 Å². The van der Waals surface area contributed by atoms with Gasteiger partial charge in [0.2, 0.25) is 0 Å². The van der Waals surface area contributed by atoms with Gasteiger partial charge in [0.25, 0.3) is 0 Å². The van der Waals surface area contributed by atoms with E-state index in [9.17, 15) is 0 Å². The van der Waals surface area contributed by atoms with E-state index in [1.54, 1.807) is 0 Å². The molecule has 0 unspecified atom stereocenters. The first-order valence-electron chi connectivity index (χ1n) is 16.1. The van der Waals surface area contributed by atoms with E-state index in [0.29, 0.717) is 0 Å². The van der Waals surface area contributed by atoms with Crippen LogP contribution in [-0.2, 0) is 28.5 Å². The molecule has 2 N–H and O–H groups in total. The van der Waals surface area contributed by atoms with Crippen LogP contribution in [-0.4, -0.2) is 13.1 Å². The van der Waals surface area contributed by atoms with Crippen LogP contribution in [0.2, 0.25) is 8.26 Å². The number of hydrogen-bond acceptors (Lipinski definition) is 2. The molecular weight excluding hydrogens is 600 g/mol. The molecule has 0 amide bonds. The summed E-state index contributed by atoms with van der Waals surface area (Å²) >= 11 is -2.85. The Hall–Kier alpha value is -2.64. The van der Waals surface area contributed by atoms with E-state index in [0.717, 1.165) is 13.1 Å². The third-order valence-corrected chi connectivity index (χ3v) is 22.9. The third-order valence-electron chi connectivity index (χ3n) is 10.8. The van der Waals surface area contributed by atoms with Crippen LogP contribution in [0.5, 0.6) is 0 Å². The van der Waals surface area contributed by atoms with Gasteiger partial charge in [-0.05, 0) is 0 Å². The molecule has 228 valence electrons. The van der Waals surface area contributed by atoms with Crippen molar-refractivity contribution >= 4 is 11.4 Å². The second kappa shape index (κ2) is 14.4. The normalized spacial score (nSPS) is 11.6. The van der Waals surface area contributed by atoms with E-state index in [2.05, 4.69) is 141 Å². The molecule has 0 aromatic heterocycles. The predicted molar refractivity (Wildman–Crippen MR) is 187 cm³/mol. The summed E-state index contributed by atoms with van der Waals surface area (Å²) < 4.78 is 5.13. The number of nitrogens with one attached hydrogen (secondary N) is 2. The fraction of sp³-hybridized carbons (Fsp3) is 0.400. The van der Waals surface area contributed by atoms with Crippen molar-refractivity contribution in [2.75, 3.05) is 23.7 Å². The zero-order valence-electron chi connectivity index (χ0n) is 28.5. The standard InChI is InChI=1S/2C13H20N.2C7H7.Zr/c2*1-7-14-13-11(5)9(3)8(2)10(4)12(13)6;2*1-7-5-3-2-4-6-7;/h2*14H,1,7H2,2-6H3;2*2-6H,1H2;. The maximum absolute atomic E-state index is 4.00. The van der Waals surface area contributed by atoms with Crippen molar-refractivity contribution in [3.8, 4) is 0 Å². The Morgan fingerprint density at radius 1 is 0.395 bits per heavy atom. The van der Waals surface area contributed by atoms with Gasteiger partial charge in [-0.15, -0.1) is 0 Å². The molecule has 0 aliphatic carbocycles. The van der Waals surface area contributed by atoms with Crippen LogP contribution in [0.1, 0.15) is 66.8 Å². The van der Waals surface area contributed by atoms with Gasteiger partial charge >= 0.3 is 269 Å². The first-order chi connectivity index (χ1) is 20.5. The van der Waals surface area contributed by atoms with Crippen molar-refractivity contribution in [1.29, 1.82) is 0 Å². The molecular formula is C40H54N2Zr. The SMILES string of the molecule is Cc1c(C)c(C)c(NC[CH2][Zr]([CH2]CNc2c(C)c(C)c(C)c(C)c2C)([CH2]c2ccccc2)[CH2]c2ccccc2)c(C)c1C. The molecule has 0 bridgehead atoms. The summed E-state index contributed by atoms with van der Waals surface area (Å²) in [7, 11) is 0. The van der Waals surface area contributed by atoms with Crippen molar-refractivity contribution in [3.63, 3.8) is 0 Å². The van der Waals surface area contributed by atoms with E-state index in [-0.39, 0.29) is 0 Å². The van der Waals surface area contributed by atoms with Gasteiger partial charge in [0.15, 0.2) is 0 Å². The molecule has 0 fully saturated rings. The summed E-state index contributed by atoms with van der Waals surface area (Å²) in [5.41, 5.74) is 19.9. The van der Waals surface area contributed by atoms with E-state index in [1.165, 1.54) is 94.7 Å². The molecule has 0 aliphatic rings. The van der Waals surface area contributed by atoms with Crippen molar-refractivity contribution in [1.82, 2.24) is 0 Å². The fourth-order valence-electron chi connectivity index (χ4n) is 7.03. The van der Waals surface area contributed by atoms with Crippen LogP contribution < -0.4 is 10.6 Å². The summed E-state index contributed by atoms with van der Waals surface area (Å²) in [6.45, 7) is 24.9.